The predicted octanol–water partition coefficient (Wildman–Crippen LogP) is 1.70. The maximum Gasteiger partial charge on any atom is 0.319 e. The number of nitrogens with one attached hydrogen (secondary N) is 4. The zero-order valence-electron chi connectivity index (χ0n) is 15.8. The Bertz CT molecular complexity index is 860. The lowest BCUT2D eigenvalue weighted by Gasteiger charge is -2.29. The number of nitrogens with zero attached hydrogens (tertiary/aromatic N) is 1. The van der Waals surface area contributed by atoms with Crippen molar-refractivity contribution >= 4 is 23.3 Å². The van der Waals surface area contributed by atoms with Gasteiger partial charge in [-0.2, -0.15) is 0 Å². The molecule has 1 saturated heterocycles. The van der Waals surface area contributed by atoms with E-state index in [-0.39, 0.29) is 11.9 Å². The van der Waals surface area contributed by atoms with Gasteiger partial charge in [-0.05, 0) is 41.8 Å². The van der Waals surface area contributed by atoms with Crippen molar-refractivity contribution < 1.29 is 9.59 Å². The van der Waals surface area contributed by atoms with Gasteiger partial charge in [-0.15, -0.1) is 0 Å². The normalized spacial score (nSPS) is 16.0. The molecule has 2 aromatic carbocycles. The average molecular weight is 379 g/mol. The van der Waals surface area contributed by atoms with Gasteiger partial charge in [-0.3, -0.25) is 4.79 Å². The number of benzene rings is 2. The molecule has 7 nitrogen and oxygen atoms in total. The van der Waals surface area contributed by atoms with Gasteiger partial charge in [0.1, 0.15) is 0 Å². The van der Waals surface area contributed by atoms with Gasteiger partial charge in [0.05, 0.1) is 0 Å². The second kappa shape index (κ2) is 8.31. The molecule has 0 bridgehead atoms. The van der Waals surface area contributed by atoms with Crippen LogP contribution in [0.5, 0.6) is 0 Å². The fourth-order valence-electron chi connectivity index (χ4n) is 3.55. The van der Waals surface area contributed by atoms with E-state index in [2.05, 4.69) is 50.4 Å². The Morgan fingerprint density at radius 1 is 1.07 bits per heavy atom. The Morgan fingerprint density at radius 2 is 1.86 bits per heavy atom. The Morgan fingerprint density at radius 3 is 2.64 bits per heavy atom. The van der Waals surface area contributed by atoms with Crippen molar-refractivity contribution in [3.63, 3.8) is 0 Å². The molecule has 1 fully saturated rings. The van der Waals surface area contributed by atoms with E-state index < -0.39 is 0 Å². The lowest BCUT2D eigenvalue weighted by atomic mass is 10.1. The summed E-state index contributed by atoms with van der Waals surface area (Å²) in [6, 6.07) is 13.7. The second-order valence-electron chi connectivity index (χ2n) is 7.09. The molecule has 4 N–H and O–H groups in total. The van der Waals surface area contributed by atoms with Crippen molar-refractivity contribution in [2.24, 2.45) is 0 Å². The third kappa shape index (κ3) is 4.26. The molecule has 0 unspecified atom stereocenters. The summed E-state index contributed by atoms with van der Waals surface area (Å²) < 4.78 is 0. The largest absolute Gasteiger partial charge is 0.369 e. The van der Waals surface area contributed by atoms with E-state index in [1.165, 1.54) is 11.3 Å². The number of amides is 3. The monoisotopic (exact) mass is 379 g/mol. The third-order valence-corrected chi connectivity index (χ3v) is 5.18. The number of carbonyl (C=O) groups is 2. The summed E-state index contributed by atoms with van der Waals surface area (Å²) in [7, 11) is 0. The van der Waals surface area contributed by atoms with Crippen LogP contribution in [-0.4, -0.2) is 44.7 Å². The van der Waals surface area contributed by atoms with Crippen molar-refractivity contribution in [1.29, 1.82) is 0 Å². The quantitative estimate of drug-likeness (QED) is 0.637. The minimum atomic E-state index is -0.241. The Balaban J connectivity index is 1.29. The van der Waals surface area contributed by atoms with E-state index in [1.807, 2.05) is 6.07 Å². The van der Waals surface area contributed by atoms with Gasteiger partial charge in [0, 0.05) is 56.2 Å². The topological polar surface area (TPSA) is 85.5 Å². The van der Waals surface area contributed by atoms with E-state index in [4.69, 9.17) is 0 Å². The summed E-state index contributed by atoms with van der Waals surface area (Å²) in [5, 5.41) is 11.8. The maximum atomic E-state index is 12.4. The third-order valence-electron chi connectivity index (χ3n) is 5.18. The van der Waals surface area contributed by atoms with Gasteiger partial charge in [0.25, 0.3) is 5.91 Å². The van der Waals surface area contributed by atoms with Crippen molar-refractivity contribution in [2.75, 3.05) is 42.9 Å². The molecule has 0 atom stereocenters. The van der Waals surface area contributed by atoms with E-state index >= 15 is 0 Å². The number of piperazine rings is 1. The molecule has 2 aliphatic heterocycles. The average Bonchev–Trinajstić information content (AvgIpc) is 2.74. The summed E-state index contributed by atoms with van der Waals surface area (Å²) in [5.41, 5.74) is 4.67. The van der Waals surface area contributed by atoms with Crippen LogP contribution in [0.2, 0.25) is 0 Å². The molecule has 2 heterocycles. The number of anilines is 2. The molecular weight excluding hydrogens is 354 g/mol. The van der Waals surface area contributed by atoms with Crippen LogP contribution < -0.4 is 26.2 Å². The minimum absolute atomic E-state index is 0.131. The van der Waals surface area contributed by atoms with Crippen LogP contribution >= 0.6 is 0 Å². The van der Waals surface area contributed by atoms with E-state index in [1.54, 1.807) is 12.1 Å². The second-order valence-corrected chi connectivity index (χ2v) is 7.09. The number of urea groups is 1. The molecule has 4 rings (SSSR count). The van der Waals surface area contributed by atoms with Crippen molar-refractivity contribution in [1.82, 2.24) is 16.0 Å². The van der Waals surface area contributed by atoms with Crippen LogP contribution in [0, 0.1) is 0 Å². The fourth-order valence-corrected chi connectivity index (χ4v) is 3.55. The molecule has 2 aliphatic rings. The number of hydrogen-bond donors (Lipinski definition) is 4. The van der Waals surface area contributed by atoms with Gasteiger partial charge < -0.3 is 26.2 Å². The van der Waals surface area contributed by atoms with Gasteiger partial charge >= 0.3 is 6.03 Å². The van der Waals surface area contributed by atoms with Crippen LogP contribution in [-0.2, 0) is 13.0 Å². The van der Waals surface area contributed by atoms with Crippen LogP contribution in [0.1, 0.15) is 21.5 Å². The van der Waals surface area contributed by atoms with Crippen LogP contribution in [0.3, 0.4) is 0 Å². The number of fused-ring (bicyclic) bond motifs is 1. The van der Waals surface area contributed by atoms with Crippen LogP contribution in [0.4, 0.5) is 16.2 Å². The summed E-state index contributed by atoms with van der Waals surface area (Å²) in [6.07, 6.45) is 0.777. The lowest BCUT2D eigenvalue weighted by molar-refractivity contribution is 0.0954. The molecule has 0 radical (unpaired) electrons. The van der Waals surface area contributed by atoms with Gasteiger partial charge in [0.15, 0.2) is 0 Å². The van der Waals surface area contributed by atoms with Crippen LogP contribution in [0.25, 0.3) is 0 Å². The highest BCUT2D eigenvalue weighted by atomic mass is 16.2. The molecule has 0 saturated carbocycles. The molecule has 3 amide bonds. The summed E-state index contributed by atoms with van der Waals surface area (Å²) >= 11 is 0. The summed E-state index contributed by atoms with van der Waals surface area (Å²) in [5.74, 6) is -0.131. The standard InChI is InChI=1S/C21H25N5O2/c27-20(16-3-4-17-14-24-21(28)25-19(17)13-16)23-8-7-15-1-5-18(6-2-15)26-11-9-22-10-12-26/h1-6,13,22H,7-12,14H2,(H,23,27)(H2,24,25,28). The van der Waals surface area contributed by atoms with Gasteiger partial charge in [-0.1, -0.05) is 18.2 Å². The highest BCUT2D eigenvalue weighted by molar-refractivity contribution is 5.98. The minimum Gasteiger partial charge on any atom is -0.369 e. The summed E-state index contributed by atoms with van der Waals surface area (Å²) in [6.45, 7) is 5.16. The number of carbonyl (C=O) groups excluding carboxylic acids is 2. The molecule has 0 spiro atoms. The Labute approximate surface area is 164 Å². The van der Waals surface area contributed by atoms with Crippen molar-refractivity contribution in [3.05, 3.63) is 59.2 Å². The first-order chi connectivity index (χ1) is 13.7. The van der Waals surface area contributed by atoms with Crippen molar-refractivity contribution in [2.45, 2.75) is 13.0 Å². The Kier molecular flexibility index (Phi) is 5.43. The highest BCUT2D eigenvalue weighted by Gasteiger charge is 2.16. The van der Waals surface area contributed by atoms with Gasteiger partial charge in [-0.25, -0.2) is 4.79 Å². The zero-order valence-corrected chi connectivity index (χ0v) is 15.8. The molecule has 0 aromatic heterocycles. The maximum absolute atomic E-state index is 12.4. The van der Waals surface area contributed by atoms with Crippen molar-refractivity contribution in [3.8, 4) is 0 Å². The van der Waals surface area contributed by atoms with E-state index in [9.17, 15) is 9.59 Å². The molecule has 28 heavy (non-hydrogen) atoms. The van der Waals surface area contributed by atoms with E-state index in [0.717, 1.165) is 38.2 Å². The number of rotatable bonds is 5. The fraction of sp³-hybridized carbons (Fsp3) is 0.333. The molecule has 0 aliphatic carbocycles. The first-order valence-electron chi connectivity index (χ1n) is 9.70. The molecule has 146 valence electrons. The first kappa shape index (κ1) is 18.3. The smallest absolute Gasteiger partial charge is 0.319 e. The first-order valence-corrected chi connectivity index (χ1v) is 9.70. The summed E-state index contributed by atoms with van der Waals surface area (Å²) in [4.78, 5) is 26.2. The van der Waals surface area contributed by atoms with Gasteiger partial charge in [0.2, 0.25) is 0 Å². The molecule has 2 aromatic rings. The van der Waals surface area contributed by atoms with Crippen LogP contribution in [0.15, 0.2) is 42.5 Å². The molecule has 7 heteroatoms. The molecular formula is C21H25N5O2. The lowest BCUT2D eigenvalue weighted by Crippen LogP contribution is -2.43. The Hall–Kier alpha value is -3.06. The predicted molar refractivity (Wildman–Crippen MR) is 110 cm³/mol. The highest BCUT2D eigenvalue weighted by Crippen LogP contribution is 2.20. The number of hydrogen-bond acceptors (Lipinski definition) is 4. The van der Waals surface area contributed by atoms with E-state index in [0.29, 0.717) is 24.3 Å². The SMILES string of the molecule is O=C1NCc2ccc(C(=O)NCCc3ccc(N4CCNCC4)cc3)cc2N1. The zero-order chi connectivity index (χ0) is 19.3.